The van der Waals surface area contributed by atoms with Crippen molar-refractivity contribution in [2.75, 3.05) is 13.1 Å². The van der Waals surface area contributed by atoms with Gasteiger partial charge in [0.1, 0.15) is 5.75 Å². The zero-order chi connectivity index (χ0) is 20.0. The average molecular weight is 387 g/mol. The fraction of sp³-hybridized carbons (Fsp3) is 0.217. The topological polar surface area (TPSA) is 82.4 Å². The number of aromatic hydroxyl groups is 1. The highest BCUT2D eigenvalue weighted by Crippen LogP contribution is 2.44. The number of nitrogens with one attached hydrogen (secondary N) is 1. The van der Waals surface area contributed by atoms with E-state index in [-0.39, 0.29) is 22.4 Å². The van der Waals surface area contributed by atoms with E-state index in [0.717, 1.165) is 47.7 Å². The van der Waals surface area contributed by atoms with Crippen molar-refractivity contribution in [2.24, 2.45) is 0 Å². The minimum Gasteiger partial charge on any atom is -0.507 e. The van der Waals surface area contributed by atoms with E-state index in [1.165, 1.54) is 0 Å². The molecule has 2 N–H and O–H groups in total. The second-order valence-electron chi connectivity index (χ2n) is 7.56. The van der Waals surface area contributed by atoms with E-state index < -0.39 is 0 Å². The summed E-state index contributed by atoms with van der Waals surface area (Å²) in [6, 6.07) is 18.2. The summed E-state index contributed by atoms with van der Waals surface area (Å²) >= 11 is 0. The first-order valence-corrected chi connectivity index (χ1v) is 9.85. The molecule has 1 unspecified atom stereocenters. The van der Waals surface area contributed by atoms with Crippen molar-refractivity contribution in [2.45, 2.75) is 18.9 Å². The van der Waals surface area contributed by atoms with Crippen LogP contribution in [-0.2, 0) is 0 Å². The summed E-state index contributed by atoms with van der Waals surface area (Å²) in [7, 11) is 0. The van der Waals surface area contributed by atoms with Crippen LogP contribution in [0, 0.1) is 10.1 Å². The normalized spacial score (nSPS) is 15.9. The Morgan fingerprint density at radius 3 is 2.45 bits per heavy atom. The zero-order valence-electron chi connectivity index (χ0n) is 15.8. The first kappa shape index (κ1) is 17.7. The van der Waals surface area contributed by atoms with E-state index in [0.29, 0.717) is 11.1 Å². The van der Waals surface area contributed by atoms with Gasteiger partial charge in [0.05, 0.1) is 22.0 Å². The van der Waals surface area contributed by atoms with Gasteiger partial charge in [-0.3, -0.25) is 15.0 Å². The molecule has 0 saturated carbocycles. The SMILES string of the molecule is O=[N+]([O-])c1ccccc1C(c1ccc2[nH]c3ccccc3c2c1O)N1CCCC1. The highest BCUT2D eigenvalue weighted by Gasteiger charge is 2.32. The molecule has 1 atom stereocenters. The predicted molar refractivity (Wildman–Crippen MR) is 113 cm³/mol. The van der Waals surface area contributed by atoms with Crippen LogP contribution in [0.15, 0.2) is 60.7 Å². The van der Waals surface area contributed by atoms with E-state index in [2.05, 4.69) is 9.88 Å². The number of aromatic amines is 1. The second kappa shape index (κ2) is 6.90. The maximum absolute atomic E-state index is 11.7. The highest BCUT2D eigenvalue weighted by molar-refractivity contribution is 6.10. The largest absolute Gasteiger partial charge is 0.507 e. The summed E-state index contributed by atoms with van der Waals surface area (Å²) in [5.74, 6) is 0.190. The summed E-state index contributed by atoms with van der Waals surface area (Å²) in [4.78, 5) is 17.0. The van der Waals surface area contributed by atoms with Gasteiger partial charge in [-0.25, -0.2) is 0 Å². The van der Waals surface area contributed by atoms with E-state index in [4.69, 9.17) is 0 Å². The molecule has 6 heteroatoms. The number of nitro groups is 1. The number of hydrogen-bond acceptors (Lipinski definition) is 4. The summed E-state index contributed by atoms with van der Waals surface area (Å²) < 4.78 is 0. The van der Waals surface area contributed by atoms with E-state index in [1.807, 2.05) is 42.5 Å². The molecule has 1 saturated heterocycles. The third-order valence-electron chi connectivity index (χ3n) is 5.90. The Kier molecular flexibility index (Phi) is 4.21. The lowest BCUT2D eigenvalue weighted by molar-refractivity contribution is -0.385. The third-order valence-corrected chi connectivity index (χ3v) is 5.90. The third kappa shape index (κ3) is 2.84. The number of likely N-dealkylation sites (tertiary alicyclic amines) is 1. The smallest absolute Gasteiger partial charge is 0.274 e. The van der Waals surface area contributed by atoms with Crippen molar-refractivity contribution in [3.05, 3.63) is 81.9 Å². The zero-order valence-corrected chi connectivity index (χ0v) is 15.8. The van der Waals surface area contributed by atoms with Crippen LogP contribution >= 0.6 is 0 Å². The molecule has 1 fully saturated rings. The molecule has 146 valence electrons. The maximum atomic E-state index is 11.7. The van der Waals surface area contributed by atoms with Crippen LogP contribution in [0.4, 0.5) is 5.69 Å². The summed E-state index contributed by atoms with van der Waals surface area (Å²) in [5, 5.41) is 24.8. The highest BCUT2D eigenvalue weighted by atomic mass is 16.6. The number of benzene rings is 3. The number of fused-ring (bicyclic) bond motifs is 3. The number of H-pyrrole nitrogens is 1. The van der Waals surface area contributed by atoms with Crippen LogP contribution in [0.1, 0.15) is 30.0 Å². The number of phenols is 1. The number of aromatic nitrogens is 1. The minimum absolute atomic E-state index is 0.0859. The van der Waals surface area contributed by atoms with E-state index in [9.17, 15) is 15.2 Å². The van der Waals surface area contributed by atoms with Gasteiger partial charge >= 0.3 is 0 Å². The maximum Gasteiger partial charge on any atom is 0.274 e. The van der Waals surface area contributed by atoms with Gasteiger partial charge < -0.3 is 10.1 Å². The molecule has 0 spiro atoms. The Morgan fingerprint density at radius 2 is 1.66 bits per heavy atom. The fourth-order valence-electron chi connectivity index (χ4n) is 4.61. The molecular weight excluding hydrogens is 366 g/mol. The van der Waals surface area contributed by atoms with Crippen molar-refractivity contribution in [1.82, 2.24) is 9.88 Å². The summed E-state index contributed by atoms with van der Waals surface area (Å²) in [6.07, 6.45) is 2.10. The van der Waals surface area contributed by atoms with Crippen molar-refractivity contribution < 1.29 is 10.0 Å². The summed E-state index contributed by atoms with van der Waals surface area (Å²) in [6.45, 7) is 1.70. The predicted octanol–water partition coefficient (Wildman–Crippen LogP) is 5.12. The van der Waals surface area contributed by atoms with E-state index in [1.54, 1.807) is 18.2 Å². The average Bonchev–Trinajstić information content (AvgIpc) is 3.38. The molecular formula is C23H21N3O3. The number of rotatable bonds is 4. The molecule has 6 nitrogen and oxygen atoms in total. The molecule has 3 aromatic carbocycles. The Bertz CT molecular complexity index is 1220. The molecule has 0 aliphatic carbocycles. The van der Waals surface area contributed by atoms with Crippen LogP contribution in [-0.4, -0.2) is 33.0 Å². The number of nitro benzene ring substituents is 1. The molecule has 2 heterocycles. The molecule has 5 rings (SSSR count). The number of phenolic OH excluding ortho intramolecular Hbond substituents is 1. The lowest BCUT2D eigenvalue weighted by Gasteiger charge is -2.29. The van der Waals surface area contributed by atoms with Crippen LogP contribution in [0.25, 0.3) is 21.8 Å². The lowest BCUT2D eigenvalue weighted by atomic mass is 9.93. The van der Waals surface area contributed by atoms with Gasteiger partial charge in [-0.2, -0.15) is 0 Å². The minimum atomic E-state index is -0.364. The number of hydrogen-bond donors (Lipinski definition) is 2. The van der Waals surface area contributed by atoms with E-state index >= 15 is 0 Å². The number of para-hydroxylation sites is 2. The van der Waals surface area contributed by atoms with Gasteiger partial charge in [0, 0.05) is 27.9 Å². The number of nitrogens with zero attached hydrogens (tertiary/aromatic N) is 2. The molecule has 1 aromatic heterocycles. The lowest BCUT2D eigenvalue weighted by Crippen LogP contribution is -2.27. The van der Waals surface area contributed by atoms with Gasteiger partial charge in [-0.05, 0) is 38.1 Å². The Hall–Kier alpha value is -3.38. The van der Waals surface area contributed by atoms with Gasteiger partial charge in [-0.1, -0.05) is 42.5 Å². The quantitative estimate of drug-likeness (QED) is 0.376. The monoisotopic (exact) mass is 387 g/mol. The molecule has 0 bridgehead atoms. The van der Waals surface area contributed by atoms with Gasteiger partial charge in [0.15, 0.2) is 0 Å². The van der Waals surface area contributed by atoms with Gasteiger partial charge in [0.25, 0.3) is 5.69 Å². The second-order valence-corrected chi connectivity index (χ2v) is 7.56. The molecule has 4 aromatic rings. The molecule has 1 aliphatic rings. The van der Waals surface area contributed by atoms with Crippen LogP contribution in [0.2, 0.25) is 0 Å². The van der Waals surface area contributed by atoms with Gasteiger partial charge in [0.2, 0.25) is 0 Å². The summed E-state index contributed by atoms with van der Waals surface area (Å²) in [5.41, 5.74) is 3.23. The standard InChI is InChI=1S/C23H21N3O3/c27-23-17(11-12-19-21(23)15-7-1-3-9-18(15)24-19)22(25-13-5-6-14-25)16-8-2-4-10-20(16)26(28)29/h1-4,7-12,22,24,27H,5-6,13-14H2. The van der Waals surface area contributed by atoms with Crippen molar-refractivity contribution in [3.8, 4) is 5.75 Å². The fourth-order valence-corrected chi connectivity index (χ4v) is 4.61. The van der Waals surface area contributed by atoms with Crippen LogP contribution in [0.5, 0.6) is 5.75 Å². The Labute approximate surface area is 167 Å². The van der Waals surface area contributed by atoms with Crippen LogP contribution < -0.4 is 0 Å². The molecule has 0 radical (unpaired) electrons. The molecule has 1 aliphatic heterocycles. The van der Waals surface area contributed by atoms with Crippen LogP contribution in [0.3, 0.4) is 0 Å². The first-order chi connectivity index (χ1) is 14.1. The van der Waals surface area contributed by atoms with Crippen molar-refractivity contribution in [3.63, 3.8) is 0 Å². The van der Waals surface area contributed by atoms with Crippen molar-refractivity contribution >= 4 is 27.5 Å². The first-order valence-electron chi connectivity index (χ1n) is 9.85. The molecule has 29 heavy (non-hydrogen) atoms. The Balaban J connectivity index is 1.77. The van der Waals surface area contributed by atoms with Crippen molar-refractivity contribution in [1.29, 1.82) is 0 Å². The van der Waals surface area contributed by atoms with Gasteiger partial charge in [-0.15, -0.1) is 0 Å². The molecule has 0 amide bonds. The Morgan fingerprint density at radius 1 is 0.931 bits per heavy atom.